The molecule has 0 aliphatic carbocycles. The fraction of sp³-hybridized carbons (Fsp3) is 0.0408. The molecular formula is C49H35N3Si. The zero-order valence-electron chi connectivity index (χ0n) is 29.6. The zero-order valence-corrected chi connectivity index (χ0v) is 30.6. The van der Waals surface area contributed by atoms with Gasteiger partial charge in [0.2, 0.25) is 0 Å². The van der Waals surface area contributed by atoms with Crippen LogP contribution >= 0.6 is 0 Å². The molecule has 10 rings (SSSR count). The van der Waals surface area contributed by atoms with Crippen molar-refractivity contribution in [2.75, 3.05) is 0 Å². The fourth-order valence-corrected chi connectivity index (χ4v) is 11.2. The Morgan fingerprint density at radius 3 is 1.58 bits per heavy atom. The van der Waals surface area contributed by atoms with E-state index in [0.29, 0.717) is 17.5 Å². The van der Waals surface area contributed by atoms with Gasteiger partial charge in [0.1, 0.15) is 8.07 Å². The molecule has 0 unspecified atom stereocenters. The monoisotopic (exact) mass is 693 g/mol. The molecule has 0 saturated heterocycles. The van der Waals surface area contributed by atoms with Crippen LogP contribution in [0.2, 0.25) is 13.1 Å². The van der Waals surface area contributed by atoms with Crippen LogP contribution in [0.4, 0.5) is 0 Å². The van der Waals surface area contributed by atoms with Crippen molar-refractivity contribution in [1.82, 2.24) is 15.0 Å². The number of fused-ring (bicyclic) bond motifs is 5. The van der Waals surface area contributed by atoms with Gasteiger partial charge in [-0.1, -0.05) is 165 Å². The first-order chi connectivity index (χ1) is 26.0. The van der Waals surface area contributed by atoms with E-state index in [4.69, 9.17) is 15.0 Å². The lowest BCUT2D eigenvalue weighted by atomic mass is 9.94. The highest BCUT2D eigenvalue weighted by Gasteiger charge is 2.38. The Labute approximate surface area is 310 Å². The summed E-state index contributed by atoms with van der Waals surface area (Å²) >= 11 is 0. The summed E-state index contributed by atoms with van der Waals surface area (Å²) in [6.45, 7) is 4.93. The summed E-state index contributed by atoms with van der Waals surface area (Å²) in [5.74, 6) is 1.98. The van der Waals surface area contributed by atoms with Crippen molar-refractivity contribution in [2.45, 2.75) is 13.1 Å². The van der Waals surface area contributed by atoms with Gasteiger partial charge in [-0.05, 0) is 89.6 Å². The smallest absolute Gasteiger partial charge is 0.164 e. The zero-order chi connectivity index (χ0) is 35.5. The van der Waals surface area contributed by atoms with Gasteiger partial charge in [0.15, 0.2) is 17.5 Å². The van der Waals surface area contributed by atoms with Gasteiger partial charge in [-0.3, -0.25) is 0 Å². The molecule has 2 heterocycles. The van der Waals surface area contributed by atoms with E-state index in [1.165, 1.54) is 48.8 Å². The number of rotatable bonds is 5. The van der Waals surface area contributed by atoms with Gasteiger partial charge in [0.25, 0.3) is 0 Å². The number of nitrogens with zero attached hydrogens (tertiary/aromatic N) is 3. The van der Waals surface area contributed by atoms with Gasteiger partial charge in [-0.2, -0.15) is 0 Å². The summed E-state index contributed by atoms with van der Waals surface area (Å²) in [5.41, 5.74) is 10.2. The van der Waals surface area contributed by atoms with Gasteiger partial charge in [0.05, 0.1) is 0 Å². The van der Waals surface area contributed by atoms with Gasteiger partial charge in [-0.25, -0.2) is 15.0 Å². The SMILES string of the molecule is C[Si]1(C)c2ccc(-c3nc(-c4cccc(-c5ccccc5)c4)nc(-c4ccc(-c5ccccc5)c5ccccc45)n3)cc2-c2cc3ccccc3cc21. The van der Waals surface area contributed by atoms with Crippen molar-refractivity contribution in [2.24, 2.45) is 0 Å². The quantitative estimate of drug-likeness (QED) is 0.168. The summed E-state index contributed by atoms with van der Waals surface area (Å²) in [4.78, 5) is 15.8. The van der Waals surface area contributed by atoms with E-state index in [1.54, 1.807) is 0 Å². The number of hydrogen-bond donors (Lipinski definition) is 0. The summed E-state index contributed by atoms with van der Waals surface area (Å²) < 4.78 is 0. The first kappa shape index (κ1) is 31.3. The maximum absolute atomic E-state index is 5.29. The molecule has 0 bridgehead atoms. The molecule has 1 aromatic heterocycles. The molecular weight excluding hydrogens is 659 g/mol. The maximum Gasteiger partial charge on any atom is 0.164 e. The second-order valence-corrected chi connectivity index (χ2v) is 18.8. The molecule has 0 fully saturated rings. The van der Waals surface area contributed by atoms with Crippen LogP contribution in [0.5, 0.6) is 0 Å². The van der Waals surface area contributed by atoms with Crippen LogP contribution in [0, 0.1) is 0 Å². The van der Waals surface area contributed by atoms with Crippen LogP contribution in [0.1, 0.15) is 0 Å². The van der Waals surface area contributed by atoms with Crippen LogP contribution in [0.25, 0.3) is 89.1 Å². The van der Waals surface area contributed by atoms with Gasteiger partial charge >= 0.3 is 0 Å². The van der Waals surface area contributed by atoms with E-state index < -0.39 is 8.07 Å². The largest absolute Gasteiger partial charge is 0.208 e. The molecule has 0 radical (unpaired) electrons. The molecule has 3 nitrogen and oxygen atoms in total. The number of hydrogen-bond acceptors (Lipinski definition) is 3. The molecule has 0 atom stereocenters. The lowest BCUT2D eigenvalue weighted by Crippen LogP contribution is -2.49. The second-order valence-electron chi connectivity index (χ2n) is 14.5. The number of aromatic nitrogens is 3. The number of benzene rings is 8. The molecule has 8 aromatic carbocycles. The summed E-state index contributed by atoms with van der Waals surface area (Å²) in [7, 11) is -1.91. The maximum atomic E-state index is 5.29. The fourth-order valence-electron chi connectivity index (χ4n) is 8.16. The Morgan fingerprint density at radius 1 is 0.321 bits per heavy atom. The van der Waals surface area contributed by atoms with Crippen LogP contribution in [0.3, 0.4) is 0 Å². The third kappa shape index (κ3) is 5.30. The molecule has 9 aromatic rings. The van der Waals surface area contributed by atoms with Crippen molar-refractivity contribution in [3.8, 4) is 67.5 Å². The third-order valence-corrected chi connectivity index (χ3v) is 14.5. The Hall–Kier alpha value is -6.49. The molecule has 1 aliphatic heterocycles. The standard InChI is InChI=1S/C49H35N3Si/c1-53(2)45-27-24-38(30-43(45)44-29-35-18-9-10-19-36(35)31-46(44)53)48-50-47(37-21-13-20-34(28-37)32-14-5-3-6-15-32)51-49(52-48)42-26-25-39(33-16-7-4-8-17-33)40-22-11-12-23-41(40)42/h3-31H,1-2H3. The topological polar surface area (TPSA) is 38.7 Å². The van der Waals surface area contributed by atoms with Crippen molar-refractivity contribution in [3.63, 3.8) is 0 Å². The minimum absolute atomic E-state index is 0.653. The van der Waals surface area contributed by atoms with Crippen LogP contribution in [-0.4, -0.2) is 23.0 Å². The normalized spacial score (nSPS) is 12.9. The molecule has 0 amide bonds. The van der Waals surface area contributed by atoms with Crippen LogP contribution in [-0.2, 0) is 0 Å². The summed E-state index contributed by atoms with van der Waals surface area (Å²) in [6.07, 6.45) is 0. The average molecular weight is 694 g/mol. The molecule has 0 N–H and O–H groups in total. The lowest BCUT2D eigenvalue weighted by molar-refractivity contribution is 1.08. The predicted octanol–water partition coefficient (Wildman–Crippen LogP) is 11.3. The molecule has 0 spiro atoms. The minimum Gasteiger partial charge on any atom is -0.208 e. The Bertz CT molecular complexity index is 2860. The van der Waals surface area contributed by atoms with Crippen LogP contribution in [0.15, 0.2) is 176 Å². The van der Waals surface area contributed by atoms with E-state index in [-0.39, 0.29) is 0 Å². The molecule has 53 heavy (non-hydrogen) atoms. The predicted molar refractivity (Wildman–Crippen MR) is 224 cm³/mol. The van der Waals surface area contributed by atoms with E-state index in [0.717, 1.165) is 33.2 Å². The van der Waals surface area contributed by atoms with Crippen molar-refractivity contribution < 1.29 is 0 Å². The van der Waals surface area contributed by atoms with Gasteiger partial charge in [-0.15, -0.1) is 0 Å². The second kappa shape index (κ2) is 12.3. The van der Waals surface area contributed by atoms with Crippen molar-refractivity contribution in [1.29, 1.82) is 0 Å². The highest BCUT2D eigenvalue weighted by Crippen LogP contribution is 2.38. The molecule has 4 heteroatoms. The van der Waals surface area contributed by atoms with Crippen molar-refractivity contribution >= 4 is 40.0 Å². The Balaban J connectivity index is 1.18. The van der Waals surface area contributed by atoms with Crippen molar-refractivity contribution in [3.05, 3.63) is 176 Å². The van der Waals surface area contributed by atoms with E-state index in [9.17, 15) is 0 Å². The van der Waals surface area contributed by atoms with E-state index in [2.05, 4.69) is 183 Å². The highest BCUT2D eigenvalue weighted by molar-refractivity contribution is 7.04. The molecule has 0 saturated carbocycles. The van der Waals surface area contributed by atoms with Gasteiger partial charge in [0, 0.05) is 16.7 Å². The molecule has 1 aliphatic rings. The highest BCUT2D eigenvalue weighted by atomic mass is 28.3. The summed E-state index contributed by atoms with van der Waals surface area (Å²) in [5, 5.41) is 7.79. The summed E-state index contributed by atoms with van der Waals surface area (Å²) in [6, 6.07) is 62.9. The van der Waals surface area contributed by atoms with E-state index >= 15 is 0 Å². The van der Waals surface area contributed by atoms with Gasteiger partial charge < -0.3 is 0 Å². The lowest BCUT2D eigenvalue weighted by Gasteiger charge is -2.19. The minimum atomic E-state index is -1.91. The first-order valence-electron chi connectivity index (χ1n) is 18.2. The molecule has 250 valence electrons. The van der Waals surface area contributed by atoms with E-state index in [1.807, 2.05) is 6.07 Å². The third-order valence-electron chi connectivity index (χ3n) is 10.9. The Kier molecular flexibility index (Phi) is 7.27. The Morgan fingerprint density at radius 2 is 0.849 bits per heavy atom. The first-order valence-corrected chi connectivity index (χ1v) is 21.2. The average Bonchev–Trinajstić information content (AvgIpc) is 3.44. The van der Waals surface area contributed by atoms with Crippen LogP contribution < -0.4 is 10.4 Å².